The Balaban J connectivity index is 2.27. The van der Waals surface area contributed by atoms with Gasteiger partial charge in [0.25, 0.3) is 0 Å². The van der Waals surface area contributed by atoms with Crippen LogP contribution in [-0.4, -0.2) is 11.7 Å². The lowest BCUT2D eigenvalue weighted by Gasteiger charge is -2.22. The van der Waals surface area contributed by atoms with Gasteiger partial charge in [0.05, 0.1) is 6.61 Å². The van der Waals surface area contributed by atoms with Gasteiger partial charge in [0.1, 0.15) is 0 Å². The van der Waals surface area contributed by atoms with Crippen LogP contribution in [0.3, 0.4) is 0 Å². The minimum atomic E-state index is -0.0527. The molecule has 0 heterocycles. The van der Waals surface area contributed by atoms with Crippen LogP contribution in [0.1, 0.15) is 24.4 Å². The second-order valence-corrected chi connectivity index (χ2v) is 4.87. The molecule has 76 valence electrons. The van der Waals surface area contributed by atoms with Crippen molar-refractivity contribution < 1.29 is 5.11 Å². The zero-order valence-corrected chi connectivity index (χ0v) is 9.50. The third kappa shape index (κ3) is 1.60. The summed E-state index contributed by atoms with van der Waals surface area (Å²) in [6.45, 7) is 0.190. The number of benzene rings is 1. The molecule has 3 N–H and O–H groups in total. The molecule has 0 radical (unpaired) electrons. The zero-order chi connectivity index (χ0) is 10.2. The van der Waals surface area contributed by atoms with Gasteiger partial charge in [-0.05, 0) is 24.5 Å². The lowest BCUT2D eigenvalue weighted by molar-refractivity contribution is 0.187. The molecule has 1 aliphatic carbocycles. The number of nitrogens with two attached hydrogens (primary N) is 1. The molecule has 1 unspecified atom stereocenters. The molecular weight excluding hydrogens is 242 g/mol. The van der Waals surface area contributed by atoms with Crippen LogP contribution >= 0.6 is 15.9 Å². The Morgan fingerprint density at radius 1 is 1.43 bits per heavy atom. The molecule has 1 aromatic rings. The van der Waals surface area contributed by atoms with Crippen molar-refractivity contribution in [2.24, 2.45) is 11.1 Å². The Kier molecular flexibility index (Phi) is 2.64. The Morgan fingerprint density at radius 3 is 2.57 bits per heavy atom. The summed E-state index contributed by atoms with van der Waals surface area (Å²) >= 11 is 3.48. The third-order valence-corrected chi connectivity index (χ3v) is 3.83. The summed E-state index contributed by atoms with van der Waals surface area (Å²) in [6.07, 6.45) is 2.07. The second kappa shape index (κ2) is 3.65. The number of aliphatic hydroxyl groups excluding tert-OH is 1. The number of aliphatic hydroxyl groups is 1. The summed E-state index contributed by atoms with van der Waals surface area (Å²) in [7, 11) is 0. The topological polar surface area (TPSA) is 46.2 Å². The number of hydrogen-bond acceptors (Lipinski definition) is 2. The fourth-order valence-electron chi connectivity index (χ4n) is 1.79. The molecule has 1 saturated carbocycles. The molecule has 0 saturated heterocycles. The Hall–Kier alpha value is -0.380. The van der Waals surface area contributed by atoms with Crippen LogP contribution in [0.5, 0.6) is 0 Å². The SMILES string of the molecule is NC(c1ccccc1Br)C1(CO)CC1. The molecule has 0 spiro atoms. The maximum absolute atomic E-state index is 9.28. The van der Waals surface area contributed by atoms with Crippen LogP contribution in [0.4, 0.5) is 0 Å². The maximum atomic E-state index is 9.28. The molecule has 0 aromatic heterocycles. The molecular formula is C11H14BrNO. The monoisotopic (exact) mass is 255 g/mol. The van der Waals surface area contributed by atoms with E-state index >= 15 is 0 Å². The first kappa shape index (κ1) is 10.1. The van der Waals surface area contributed by atoms with Crippen molar-refractivity contribution in [3.63, 3.8) is 0 Å². The molecule has 0 amide bonds. The third-order valence-electron chi connectivity index (χ3n) is 3.11. The van der Waals surface area contributed by atoms with Crippen LogP contribution < -0.4 is 5.73 Å². The molecule has 0 bridgehead atoms. The van der Waals surface area contributed by atoms with Gasteiger partial charge < -0.3 is 10.8 Å². The van der Waals surface area contributed by atoms with E-state index in [1.165, 1.54) is 0 Å². The highest BCUT2D eigenvalue weighted by Crippen LogP contribution is 2.54. The second-order valence-electron chi connectivity index (χ2n) is 4.02. The first-order valence-corrected chi connectivity index (χ1v) is 5.60. The van der Waals surface area contributed by atoms with E-state index in [2.05, 4.69) is 15.9 Å². The first-order chi connectivity index (χ1) is 6.69. The highest BCUT2D eigenvalue weighted by molar-refractivity contribution is 9.10. The molecule has 1 aliphatic rings. The van der Waals surface area contributed by atoms with Crippen molar-refractivity contribution in [2.45, 2.75) is 18.9 Å². The molecule has 2 rings (SSSR count). The normalized spacial score (nSPS) is 20.5. The number of halogens is 1. The quantitative estimate of drug-likeness (QED) is 0.871. The average molecular weight is 256 g/mol. The van der Waals surface area contributed by atoms with Gasteiger partial charge in [-0.3, -0.25) is 0 Å². The highest BCUT2D eigenvalue weighted by atomic mass is 79.9. The number of hydrogen-bond donors (Lipinski definition) is 2. The van der Waals surface area contributed by atoms with Gasteiger partial charge >= 0.3 is 0 Å². The molecule has 1 atom stereocenters. The van der Waals surface area contributed by atoms with E-state index in [0.717, 1.165) is 22.9 Å². The van der Waals surface area contributed by atoms with E-state index in [-0.39, 0.29) is 18.1 Å². The van der Waals surface area contributed by atoms with E-state index in [4.69, 9.17) is 5.73 Å². The van der Waals surface area contributed by atoms with Crippen LogP contribution in [0, 0.1) is 5.41 Å². The van der Waals surface area contributed by atoms with Gasteiger partial charge in [-0.1, -0.05) is 34.1 Å². The van der Waals surface area contributed by atoms with Gasteiger partial charge in [0.2, 0.25) is 0 Å². The lowest BCUT2D eigenvalue weighted by Crippen LogP contribution is -2.26. The maximum Gasteiger partial charge on any atom is 0.0505 e. The van der Waals surface area contributed by atoms with E-state index in [1.54, 1.807) is 0 Å². The van der Waals surface area contributed by atoms with Gasteiger partial charge in [0, 0.05) is 15.9 Å². The van der Waals surface area contributed by atoms with Gasteiger partial charge in [-0.2, -0.15) is 0 Å². The van der Waals surface area contributed by atoms with Crippen molar-refractivity contribution in [1.29, 1.82) is 0 Å². The lowest BCUT2D eigenvalue weighted by atomic mass is 9.92. The largest absolute Gasteiger partial charge is 0.396 e. The number of rotatable bonds is 3. The summed E-state index contributed by atoms with van der Waals surface area (Å²) in [5.41, 5.74) is 7.20. The van der Waals surface area contributed by atoms with Crippen LogP contribution in [0.25, 0.3) is 0 Å². The Bertz CT molecular complexity index is 336. The average Bonchev–Trinajstić information content (AvgIpc) is 2.98. The van der Waals surface area contributed by atoms with Gasteiger partial charge in [-0.25, -0.2) is 0 Å². The first-order valence-electron chi connectivity index (χ1n) is 4.80. The molecule has 14 heavy (non-hydrogen) atoms. The predicted octanol–water partition coefficient (Wildman–Crippen LogP) is 2.22. The molecule has 2 nitrogen and oxygen atoms in total. The summed E-state index contributed by atoms with van der Waals surface area (Å²) in [6, 6.07) is 7.90. The fraction of sp³-hybridized carbons (Fsp3) is 0.455. The van der Waals surface area contributed by atoms with Gasteiger partial charge in [0.15, 0.2) is 0 Å². The summed E-state index contributed by atoms with van der Waals surface area (Å²) in [4.78, 5) is 0. The molecule has 3 heteroatoms. The van der Waals surface area contributed by atoms with Gasteiger partial charge in [-0.15, -0.1) is 0 Å². The Labute approximate surface area is 92.3 Å². The van der Waals surface area contributed by atoms with Crippen LogP contribution in [-0.2, 0) is 0 Å². The minimum Gasteiger partial charge on any atom is -0.396 e. The van der Waals surface area contributed by atoms with Crippen molar-refractivity contribution in [2.75, 3.05) is 6.61 Å². The summed E-state index contributed by atoms with van der Waals surface area (Å²) in [5.74, 6) is 0. The Morgan fingerprint density at radius 2 is 2.07 bits per heavy atom. The van der Waals surface area contributed by atoms with E-state index in [9.17, 15) is 5.11 Å². The fourth-order valence-corrected chi connectivity index (χ4v) is 2.32. The standard InChI is InChI=1S/C11H14BrNO/c12-9-4-2-1-3-8(9)10(13)11(7-14)5-6-11/h1-4,10,14H,5-7,13H2. The van der Waals surface area contributed by atoms with E-state index < -0.39 is 0 Å². The highest BCUT2D eigenvalue weighted by Gasteiger charge is 2.48. The molecule has 0 aliphatic heterocycles. The van der Waals surface area contributed by atoms with Crippen molar-refractivity contribution in [3.05, 3.63) is 34.3 Å². The van der Waals surface area contributed by atoms with Crippen LogP contribution in [0.15, 0.2) is 28.7 Å². The van der Waals surface area contributed by atoms with E-state index in [0.29, 0.717) is 0 Å². The summed E-state index contributed by atoms with van der Waals surface area (Å²) < 4.78 is 1.03. The van der Waals surface area contributed by atoms with Crippen molar-refractivity contribution in [3.8, 4) is 0 Å². The minimum absolute atomic E-state index is 0.0517. The van der Waals surface area contributed by atoms with Crippen molar-refractivity contribution >= 4 is 15.9 Å². The summed E-state index contributed by atoms with van der Waals surface area (Å²) in [5, 5.41) is 9.28. The van der Waals surface area contributed by atoms with Crippen LogP contribution in [0.2, 0.25) is 0 Å². The predicted molar refractivity (Wildman–Crippen MR) is 59.8 cm³/mol. The van der Waals surface area contributed by atoms with Crippen molar-refractivity contribution in [1.82, 2.24) is 0 Å². The molecule has 1 fully saturated rings. The van der Waals surface area contributed by atoms with E-state index in [1.807, 2.05) is 24.3 Å². The smallest absolute Gasteiger partial charge is 0.0505 e. The molecule has 1 aromatic carbocycles. The zero-order valence-electron chi connectivity index (χ0n) is 7.91.